The van der Waals surface area contributed by atoms with Gasteiger partial charge in [-0.15, -0.1) is 0 Å². The van der Waals surface area contributed by atoms with Gasteiger partial charge in [-0.1, -0.05) is 5.16 Å². The molecular weight excluding hydrogens is 417 g/mol. The molecule has 0 atom stereocenters. The molecule has 0 aliphatic rings. The third kappa shape index (κ3) is 4.89. The van der Waals surface area contributed by atoms with Gasteiger partial charge < -0.3 is 26.9 Å². The topological polar surface area (TPSA) is 168 Å². The summed E-state index contributed by atoms with van der Waals surface area (Å²) < 4.78 is 18.1. The number of carbonyl (C=O) groups excluding carboxylic acids is 2. The molecule has 1 heterocycles. The minimum atomic E-state index is -1.10. The summed E-state index contributed by atoms with van der Waals surface area (Å²) >= 11 is 3.04. The molecule has 0 saturated carbocycles. The molecule has 0 aliphatic heterocycles. The lowest BCUT2D eigenvalue weighted by molar-refractivity contribution is -0.137. The summed E-state index contributed by atoms with van der Waals surface area (Å²) in [5, 5.41) is 27.3. The van der Waals surface area contributed by atoms with Crippen LogP contribution in [0.5, 0.6) is 0 Å². The van der Waals surface area contributed by atoms with Crippen LogP contribution in [0.15, 0.2) is 32.5 Å². The van der Waals surface area contributed by atoms with E-state index in [0.717, 1.165) is 0 Å². The number of hydrogen-bond acceptors (Lipinski definition) is 8. The second kappa shape index (κ2) is 8.75. The Balaban J connectivity index is 2.01. The second-order valence-corrected chi connectivity index (χ2v) is 5.57. The van der Waals surface area contributed by atoms with Crippen molar-refractivity contribution >= 4 is 45.1 Å². The predicted octanol–water partition coefficient (Wildman–Crippen LogP) is 0.233. The highest BCUT2D eigenvalue weighted by atomic mass is 79.9. The van der Waals surface area contributed by atoms with Crippen molar-refractivity contribution in [2.75, 3.05) is 23.7 Å². The van der Waals surface area contributed by atoms with Crippen LogP contribution in [0.1, 0.15) is 5.69 Å². The zero-order chi connectivity index (χ0) is 19.1. The van der Waals surface area contributed by atoms with Crippen LogP contribution in [0, 0.1) is 5.82 Å². The summed E-state index contributed by atoms with van der Waals surface area (Å²) in [6.45, 7) is 0.221. The maximum Gasteiger partial charge on any atom is 0.309 e. The van der Waals surface area contributed by atoms with Crippen LogP contribution in [-0.4, -0.2) is 46.3 Å². The Morgan fingerprint density at radius 1 is 1.35 bits per heavy atom. The van der Waals surface area contributed by atoms with Gasteiger partial charge in [-0.3, -0.25) is 9.59 Å². The monoisotopic (exact) mass is 429 g/mol. The number of halogens is 2. The fourth-order valence-corrected chi connectivity index (χ4v) is 2.12. The average Bonchev–Trinajstić information content (AvgIpc) is 3.07. The van der Waals surface area contributed by atoms with Crippen LogP contribution < -0.4 is 21.7 Å². The van der Waals surface area contributed by atoms with E-state index in [1.54, 1.807) is 0 Å². The SMILES string of the molecule is NC(=O)C(=O)NCCNc1nonc1/C(=N/O)Nc1ccc(F)c(Br)c1. The zero-order valence-corrected chi connectivity index (χ0v) is 14.6. The molecule has 0 spiro atoms. The average molecular weight is 430 g/mol. The van der Waals surface area contributed by atoms with Crippen LogP contribution in [0.4, 0.5) is 15.9 Å². The van der Waals surface area contributed by atoms with Gasteiger partial charge in [0.25, 0.3) is 0 Å². The Morgan fingerprint density at radius 3 is 2.77 bits per heavy atom. The number of nitrogens with one attached hydrogen (secondary N) is 3. The molecule has 0 saturated heterocycles. The van der Waals surface area contributed by atoms with E-state index in [1.165, 1.54) is 18.2 Å². The Labute approximate surface area is 153 Å². The number of primary amides is 1. The molecule has 138 valence electrons. The lowest BCUT2D eigenvalue weighted by Crippen LogP contribution is -2.38. The van der Waals surface area contributed by atoms with Crippen LogP contribution in [0.2, 0.25) is 0 Å². The number of nitrogens with two attached hydrogens (primary N) is 1. The van der Waals surface area contributed by atoms with E-state index in [0.29, 0.717) is 5.69 Å². The smallest absolute Gasteiger partial charge is 0.309 e. The first kappa shape index (κ1) is 19.1. The highest BCUT2D eigenvalue weighted by Gasteiger charge is 2.18. The van der Waals surface area contributed by atoms with E-state index in [9.17, 15) is 19.2 Å². The summed E-state index contributed by atoms with van der Waals surface area (Å²) in [5.41, 5.74) is 5.25. The van der Waals surface area contributed by atoms with Crippen molar-refractivity contribution in [1.29, 1.82) is 0 Å². The van der Waals surface area contributed by atoms with Crippen LogP contribution in [-0.2, 0) is 9.59 Å². The van der Waals surface area contributed by atoms with Gasteiger partial charge in [-0.2, -0.15) is 0 Å². The lowest BCUT2D eigenvalue weighted by Gasteiger charge is -2.08. The summed E-state index contributed by atoms with van der Waals surface area (Å²) in [4.78, 5) is 21.6. The Kier molecular flexibility index (Phi) is 6.43. The molecule has 13 heteroatoms. The third-order valence-corrected chi connectivity index (χ3v) is 3.53. The van der Waals surface area contributed by atoms with Crippen LogP contribution in [0.25, 0.3) is 0 Å². The molecule has 26 heavy (non-hydrogen) atoms. The number of hydrogen-bond donors (Lipinski definition) is 5. The number of carbonyl (C=O) groups is 2. The van der Waals surface area contributed by atoms with Gasteiger partial charge in [-0.25, -0.2) is 9.02 Å². The van der Waals surface area contributed by atoms with Gasteiger partial charge >= 0.3 is 11.8 Å². The summed E-state index contributed by atoms with van der Waals surface area (Å²) in [6, 6.07) is 4.06. The van der Waals surface area contributed by atoms with Crippen molar-refractivity contribution in [3.63, 3.8) is 0 Å². The van der Waals surface area contributed by atoms with Crippen LogP contribution in [0.3, 0.4) is 0 Å². The minimum Gasteiger partial charge on any atom is -0.409 e. The van der Waals surface area contributed by atoms with Gasteiger partial charge in [0, 0.05) is 18.8 Å². The summed E-state index contributed by atoms with van der Waals surface area (Å²) in [7, 11) is 0. The van der Waals surface area contributed by atoms with Gasteiger partial charge in [0.2, 0.25) is 11.7 Å². The fraction of sp³-hybridized carbons (Fsp3) is 0.154. The molecule has 2 amide bonds. The fourth-order valence-electron chi connectivity index (χ4n) is 1.75. The molecule has 1 aromatic heterocycles. The number of anilines is 2. The first-order valence-corrected chi connectivity index (χ1v) is 7.80. The number of oxime groups is 1. The number of rotatable bonds is 6. The number of benzene rings is 1. The van der Waals surface area contributed by atoms with Crippen molar-refractivity contribution in [2.45, 2.75) is 0 Å². The third-order valence-electron chi connectivity index (χ3n) is 2.92. The first-order chi connectivity index (χ1) is 12.4. The van der Waals surface area contributed by atoms with E-state index in [2.05, 4.69) is 52.0 Å². The van der Waals surface area contributed by atoms with Gasteiger partial charge in [0.05, 0.1) is 4.47 Å². The maximum atomic E-state index is 13.3. The Morgan fingerprint density at radius 2 is 2.12 bits per heavy atom. The van der Waals surface area contributed by atoms with Crippen molar-refractivity contribution in [3.8, 4) is 0 Å². The maximum absolute atomic E-state index is 13.3. The number of amides is 2. The molecule has 1 aromatic carbocycles. The number of aromatic nitrogens is 2. The highest BCUT2D eigenvalue weighted by Crippen LogP contribution is 2.21. The van der Waals surface area contributed by atoms with Crippen LogP contribution >= 0.6 is 15.9 Å². The molecule has 0 bridgehead atoms. The minimum absolute atomic E-state index is 0.0363. The molecule has 0 fully saturated rings. The summed E-state index contributed by atoms with van der Waals surface area (Å²) in [5.74, 6) is -2.49. The standard InChI is InChI=1S/C13H13BrFN7O4/c14-7-5-6(1-2-8(7)15)19-12(20-25)9-11(22-26-21-9)17-3-4-18-13(24)10(16)23/h1-2,5,25H,3-4H2,(H2,16,23)(H,17,22)(H,18,24)(H,19,20). The lowest BCUT2D eigenvalue weighted by atomic mass is 10.3. The highest BCUT2D eigenvalue weighted by molar-refractivity contribution is 9.10. The Hall–Kier alpha value is -3.22. The molecule has 0 unspecified atom stereocenters. The molecule has 0 aliphatic carbocycles. The molecule has 11 nitrogen and oxygen atoms in total. The number of nitrogens with zero attached hydrogens (tertiary/aromatic N) is 3. The van der Waals surface area contributed by atoms with E-state index in [1.807, 2.05) is 0 Å². The van der Waals surface area contributed by atoms with E-state index in [-0.39, 0.29) is 34.9 Å². The Bertz CT molecular complexity index is 842. The molecule has 0 radical (unpaired) electrons. The van der Waals surface area contributed by atoms with Crippen molar-refractivity contribution in [1.82, 2.24) is 15.6 Å². The molecule has 2 aromatic rings. The van der Waals surface area contributed by atoms with Gasteiger partial charge in [-0.05, 0) is 44.4 Å². The van der Waals surface area contributed by atoms with Crippen molar-refractivity contribution in [3.05, 3.63) is 34.2 Å². The van der Waals surface area contributed by atoms with Gasteiger partial charge in [0.1, 0.15) is 5.82 Å². The predicted molar refractivity (Wildman–Crippen MR) is 91.0 cm³/mol. The first-order valence-electron chi connectivity index (χ1n) is 7.01. The second-order valence-electron chi connectivity index (χ2n) is 4.71. The van der Waals surface area contributed by atoms with Crippen molar-refractivity contribution in [2.24, 2.45) is 10.9 Å². The quantitative estimate of drug-likeness (QED) is 0.108. The largest absolute Gasteiger partial charge is 0.409 e. The molecule has 2 rings (SSSR count). The zero-order valence-electron chi connectivity index (χ0n) is 13.0. The normalized spacial score (nSPS) is 11.1. The van der Waals surface area contributed by atoms with Crippen molar-refractivity contribution < 1.29 is 23.8 Å². The summed E-state index contributed by atoms with van der Waals surface area (Å²) in [6.07, 6.45) is 0. The van der Waals surface area contributed by atoms with Gasteiger partial charge in [0.15, 0.2) is 5.69 Å². The van der Waals surface area contributed by atoms with E-state index >= 15 is 0 Å². The van der Waals surface area contributed by atoms with E-state index < -0.39 is 17.6 Å². The molecular formula is C13H13BrFN7O4. The number of amidine groups is 1. The van der Waals surface area contributed by atoms with E-state index in [4.69, 9.17) is 5.73 Å². The molecule has 6 N–H and O–H groups in total.